The highest BCUT2D eigenvalue weighted by molar-refractivity contribution is 9.10. The second kappa shape index (κ2) is 6.35. The molecule has 1 saturated heterocycles. The summed E-state index contributed by atoms with van der Waals surface area (Å²) in [6.45, 7) is 1.73. The van der Waals surface area contributed by atoms with E-state index in [1.54, 1.807) is 0 Å². The van der Waals surface area contributed by atoms with Crippen LogP contribution >= 0.6 is 15.9 Å². The molecule has 0 aliphatic carbocycles. The van der Waals surface area contributed by atoms with Gasteiger partial charge in [-0.3, -0.25) is 0 Å². The Morgan fingerprint density at radius 2 is 2.15 bits per heavy atom. The molecule has 1 aliphatic heterocycles. The number of alkyl halides is 3. The molecule has 20 heavy (non-hydrogen) atoms. The average Bonchev–Trinajstić information content (AvgIpc) is 2.38. The van der Waals surface area contributed by atoms with Gasteiger partial charge in [0.1, 0.15) is 5.75 Å². The number of piperidine rings is 1. The number of benzene rings is 1. The van der Waals surface area contributed by atoms with Gasteiger partial charge in [-0.15, -0.1) is 0 Å². The predicted molar refractivity (Wildman–Crippen MR) is 75.0 cm³/mol. The second-order valence-electron chi connectivity index (χ2n) is 5.06. The van der Waals surface area contributed by atoms with Gasteiger partial charge in [0.05, 0.1) is 17.1 Å². The minimum atomic E-state index is -4.36. The molecule has 0 bridgehead atoms. The summed E-state index contributed by atoms with van der Waals surface area (Å²) in [5.74, 6) is 0.466. The van der Waals surface area contributed by atoms with E-state index in [2.05, 4.69) is 21.2 Å². The Morgan fingerprint density at radius 3 is 2.70 bits per heavy atom. The Bertz CT molecular complexity index is 470. The molecular weight excluding hydrogens is 335 g/mol. The maximum Gasteiger partial charge on any atom is 0.416 e. The summed E-state index contributed by atoms with van der Waals surface area (Å²) >= 11 is 3.27. The van der Waals surface area contributed by atoms with Crippen LogP contribution in [0.15, 0.2) is 16.6 Å². The molecule has 1 N–H and O–H groups in total. The maximum absolute atomic E-state index is 13.2. The van der Waals surface area contributed by atoms with Crippen molar-refractivity contribution in [1.29, 1.82) is 0 Å². The van der Waals surface area contributed by atoms with Crippen LogP contribution in [-0.4, -0.2) is 20.2 Å². The summed E-state index contributed by atoms with van der Waals surface area (Å²) in [4.78, 5) is 0. The van der Waals surface area contributed by atoms with Crippen LogP contribution in [0.4, 0.5) is 13.2 Å². The molecule has 1 aromatic carbocycles. The molecule has 0 amide bonds. The van der Waals surface area contributed by atoms with Crippen LogP contribution in [-0.2, 0) is 12.6 Å². The van der Waals surface area contributed by atoms with Crippen molar-refractivity contribution in [2.75, 3.05) is 20.2 Å². The van der Waals surface area contributed by atoms with Crippen molar-refractivity contribution in [1.82, 2.24) is 5.32 Å². The molecule has 0 spiro atoms. The number of hydrogen-bond acceptors (Lipinski definition) is 2. The fourth-order valence-electron chi connectivity index (χ4n) is 2.59. The van der Waals surface area contributed by atoms with Crippen LogP contribution in [0.5, 0.6) is 5.75 Å². The molecule has 1 atom stereocenters. The molecule has 6 heteroatoms. The van der Waals surface area contributed by atoms with Crippen LogP contribution in [0.25, 0.3) is 0 Å². The minimum Gasteiger partial charge on any atom is -0.496 e. The van der Waals surface area contributed by atoms with Crippen molar-refractivity contribution in [2.24, 2.45) is 5.92 Å². The molecular formula is C14H17BrF3NO. The van der Waals surface area contributed by atoms with Crippen LogP contribution in [0, 0.1) is 5.92 Å². The number of hydrogen-bond donors (Lipinski definition) is 1. The summed E-state index contributed by atoms with van der Waals surface area (Å²) in [6, 6.07) is 2.62. The summed E-state index contributed by atoms with van der Waals surface area (Å²) in [6.07, 6.45) is -1.94. The Hall–Kier alpha value is -0.750. The van der Waals surface area contributed by atoms with Gasteiger partial charge in [0, 0.05) is 0 Å². The van der Waals surface area contributed by atoms with Gasteiger partial charge in [0.25, 0.3) is 0 Å². The lowest BCUT2D eigenvalue weighted by Gasteiger charge is -2.24. The van der Waals surface area contributed by atoms with E-state index in [0.29, 0.717) is 16.5 Å². The number of halogens is 4. The lowest BCUT2D eigenvalue weighted by molar-refractivity contribution is -0.138. The monoisotopic (exact) mass is 351 g/mol. The zero-order valence-electron chi connectivity index (χ0n) is 11.2. The topological polar surface area (TPSA) is 21.3 Å². The van der Waals surface area contributed by atoms with Gasteiger partial charge in [0.2, 0.25) is 0 Å². The van der Waals surface area contributed by atoms with Crippen LogP contribution in [0.1, 0.15) is 24.0 Å². The summed E-state index contributed by atoms with van der Waals surface area (Å²) in [5.41, 5.74) is -0.262. The van der Waals surface area contributed by atoms with Crippen molar-refractivity contribution < 1.29 is 17.9 Å². The second-order valence-corrected chi connectivity index (χ2v) is 5.91. The molecule has 0 saturated carbocycles. The fourth-order valence-corrected chi connectivity index (χ4v) is 3.15. The van der Waals surface area contributed by atoms with E-state index in [1.165, 1.54) is 13.2 Å². The third kappa shape index (κ3) is 3.67. The zero-order chi connectivity index (χ0) is 14.8. The minimum absolute atomic E-state index is 0.211. The third-order valence-corrected chi connectivity index (χ3v) is 4.21. The Labute approximate surface area is 124 Å². The largest absolute Gasteiger partial charge is 0.496 e. The van der Waals surface area contributed by atoms with Gasteiger partial charge in [-0.2, -0.15) is 13.2 Å². The first-order valence-electron chi connectivity index (χ1n) is 6.56. The molecule has 1 aliphatic rings. The summed E-state index contributed by atoms with van der Waals surface area (Å²) < 4.78 is 45.0. The van der Waals surface area contributed by atoms with E-state index in [4.69, 9.17) is 4.74 Å². The SMILES string of the molecule is COc1cc(C(F)(F)F)c(CC2CCCNC2)cc1Br. The highest BCUT2D eigenvalue weighted by Gasteiger charge is 2.35. The summed E-state index contributed by atoms with van der Waals surface area (Å²) in [5, 5.41) is 3.23. The average molecular weight is 352 g/mol. The predicted octanol–water partition coefficient (Wildman–Crippen LogP) is 4.02. The first-order chi connectivity index (χ1) is 9.41. The normalized spacial score (nSPS) is 19.9. The van der Waals surface area contributed by atoms with Gasteiger partial charge >= 0.3 is 6.18 Å². The molecule has 0 radical (unpaired) electrons. The summed E-state index contributed by atoms with van der Waals surface area (Å²) in [7, 11) is 1.37. The van der Waals surface area contributed by atoms with Gasteiger partial charge in [-0.05, 0) is 71.9 Å². The standard InChI is InChI=1S/C14H17BrF3NO/c1-20-13-7-11(14(16,17)18)10(6-12(13)15)5-9-3-2-4-19-8-9/h6-7,9,19H,2-5,8H2,1H3. The zero-order valence-corrected chi connectivity index (χ0v) is 12.8. The van der Waals surface area contributed by atoms with Crippen LogP contribution in [0.3, 0.4) is 0 Å². The maximum atomic E-state index is 13.2. The molecule has 1 aromatic rings. The first kappa shape index (κ1) is 15.6. The van der Waals surface area contributed by atoms with E-state index in [9.17, 15) is 13.2 Å². The molecule has 2 rings (SSSR count). The van der Waals surface area contributed by atoms with Gasteiger partial charge in [0.15, 0.2) is 0 Å². The Morgan fingerprint density at radius 1 is 1.40 bits per heavy atom. The first-order valence-corrected chi connectivity index (χ1v) is 7.35. The van der Waals surface area contributed by atoms with Crippen molar-refractivity contribution in [2.45, 2.75) is 25.4 Å². The number of rotatable bonds is 3. The van der Waals surface area contributed by atoms with E-state index in [-0.39, 0.29) is 11.7 Å². The molecule has 2 nitrogen and oxygen atoms in total. The Kier molecular flexibility index (Phi) is 4.96. The smallest absolute Gasteiger partial charge is 0.416 e. The highest BCUT2D eigenvalue weighted by Crippen LogP contribution is 2.39. The van der Waals surface area contributed by atoms with Crippen LogP contribution < -0.4 is 10.1 Å². The molecule has 1 fully saturated rings. The number of methoxy groups -OCH3 is 1. The molecule has 112 valence electrons. The fraction of sp³-hybridized carbons (Fsp3) is 0.571. The van der Waals surface area contributed by atoms with Crippen molar-refractivity contribution in [3.05, 3.63) is 27.7 Å². The molecule has 1 heterocycles. The highest BCUT2D eigenvalue weighted by atomic mass is 79.9. The van der Waals surface area contributed by atoms with Gasteiger partial charge in [-0.1, -0.05) is 0 Å². The van der Waals surface area contributed by atoms with Gasteiger partial charge < -0.3 is 10.1 Å². The van der Waals surface area contributed by atoms with E-state index in [1.807, 2.05) is 0 Å². The van der Waals surface area contributed by atoms with Crippen molar-refractivity contribution in [3.8, 4) is 5.75 Å². The molecule has 0 aromatic heterocycles. The van der Waals surface area contributed by atoms with Gasteiger partial charge in [-0.25, -0.2) is 0 Å². The van der Waals surface area contributed by atoms with Crippen molar-refractivity contribution in [3.63, 3.8) is 0 Å². The number of ether oxygens (including phenoxy) is 1. The van der Waals surface area contributed by atoms with E-state index in [0.717, 1.165) is 32.0 Å². The van der Waals surface area contributed by atoms with E-state index >= 15 is 0 Å². The lowest BCUT2D eigenvalue weighted by Crippen LogP contribution is -2.31. The third-order valence-electron chi connectivity index (χ3n) is 3.59. The Balaban J connectivity index is 2.32. The van der Waals surface area contributed by atoms with Crippen LogP contribution in [0.2, 0.25) is 0 Å². The number of nitrogens with one attached hydrogen (secondary N) is 1. The molecule has 1 unspecified atom stereocenters. The van der Waals surface area contributed by atoms with Crippen molar-refractivity contribution >= 4 is 15.9 Å². The van der Waals surface area contributed by atoms with E-state index < -0.39 is 11.7 Å². The quantitative estimate of drug-likeness (QED) is 0.887. The lowest BCUT2D eigenvalue weighted by atomic mass is 9.90.